The van der Waals surface area contributed by atoms with Gasteiger partial charge in [-0.2, -0.15) is 0 Å². The van der Waals surface area contributed by atoms with Gasteiger partial charge in [0, 0.05) is 12.1 Å². The highest BCUT2D eigenvalue weighted by Gasteiger charge is 2.04. The molecule has 0 aliphatic rings. The Morgan fingerprint density at radius 2 is 2.14 bits per heavy atom. The minimum Gasteiger partial charge on any atom is -0.312 e. The third kappa shape index (κ3) is 3.24. The van der Waals surface area contributed by atoms with E-state index in [1.807, 2.05) is 0 Å². The van der Waals surface area contributed by atoms with Gasteiger partial charge in [-0.05, 0) is 19.0 Å². The van der Waals surface area contributed by atoms with Crippen molar-refractivity contribution in [3.05, 3.63) is 34.6 Å². The van der Waals surface area contributed by atoms with Crippen LogP contribution in [-0.4, -0.2) is 13.2 Å². The van der Waals surface area contributed by atoms with Gasteiger partial charge >= 0.3 is 0 Å². The Morgan fingerprint density at radius 1 is 1.36 bits per heavy atom. The van der Waals surface area contributed by atoms with E-state index in [1.54, 1.807) is 12.1 Å². The molecule has 0 aromatic heterocycles. The molecule has 0 heterocycles. The molecule has 0 aliphatic carbocycles. The van der Waals surface area contributed by atoms with Gasteiger partial charge in [0.05, 0.1) is 11.7 Å². The monoisotopic (exact) mass is 219 g/mol. The second-order valence-electron chi connectivity index (χ2n) is 2.93. The average molecular weight is 220 g/mol. The Hall–Kier alpha value is -0.670. The molecule has 0 unspecified atom stereocenters. The van der Waals surface area contributed by atoms with E-state index < -0.39 is 5.82 Å². The summed E-state index contributed by atoms with van der Waals surface area (Å²) in [6, 6.07) is 4.85. The standard InChI is InChI=1S/C10H12ClF2N/c11-9-4-1-3-8(10(9)13)7-14-6-2-5-12/h1,3-4,14H,2,5-7H2. The van der Waals surface area contributed by atoms with Gasteiger partial charge in [0.25, 0.3) is 0 Å². The first-order chi connectivity index (χ1) is 6.75. The number of benzene rings is 1. The van der Waals surface area contributed by atoms with Gasteiger partial charge in [-0.25, -0.2) is 4.39 Å². The van der Waals surface area contributed by atoms with E-state index in [1.165, 1.54) is 6.07 Å². The molecular weight excluding hydrogens is 208 g/mol. The van der Waals surface area contributed by atoms with E-state index in [0.717, 1.165) is 0 Å². The van der Waals surface area contributed by atoms with Crippen molar-refractivity contribution in [1.82, 2.24) is 5.32 Å². The van der Waals surface area contributed by atoms with Crippen molar-refractivity contribution in [2.45, 2.75) is 13.0 Å². The summed E-state index contributed by atoms with van der Waals surface area (Å²) in [4.78, 5) is 0. The highest BCUT2D eigenvalue weighted by atomic mass is 35.5. The molecule has 1 aromatic rings. The molecule has 0 radical (unpaired) electrons. The topological polar surface area (TPSA) is 12.0 Å². The molecule has 0 fully saturated rings. The fourth-order valence-electron chi connectivity index (χ4n) is 1.10. The van der Waals surface area contributed by atoms with Gasteiger partial charge in [-0.1, -0.05) is 23.7 Å². The minimum absolute atomic E-state index is 0.120. The van der Waals surface area contributed by atoms with Crippen LogP contribution in [0.15, 0.2) is 18.2 Å². The highest BCUT2D eigenvalue weighted by Crippen LogP contribution is 2.17. The Bertz CT molecular complexity index is 291. The third-order valence-corrected chi connectivity index (χ3v) is 2.13. The molecule has 14 heavy (non-hydrogen) atoms. The van der Waals surface area contributed by atoms with Crippen LogP contribution in [0.5, 0.6) is 0 Å². The Morgan fingerprint density at radius 3 is 2.86 bits per heavy atom. The SMILES string of the molecule is FCCCNCc1cccc(Cl)c1F. The van der Waals surface area contributed by atoms with Gasteiger partial charge in [0.1, 0.15) is 5.82 Å². The van der Waals surface area contributed by atoms with Crippen molar-refractivity contribution < 1.29 is 8.78 Å². The minimum atomic E-state index is -0.401. The molecule has 1 nitrogen and oxygen atoms in total. The molecule has 4 heteroatoms. The van der Waals surface area contributed by atoms with E-state index >= 15 is 0 Å². The van der Waals surface area contributed by atoms with Crippen molar-refractivity contribution in [2.75, 3.05) is 13.2 Å². The largest absolute Gasteiger partial charge is 0.312 e. The first-order valence-corrected chi connectivity index (χ1v) is 4.83. The third-order valence-electron chi connectivity index (χ3n) is 1.83. The molecule has 0 amide bonds. The summed E-state index contributed by atoms with van der Waals surface area (Å²) < 4.78 is 25.0. The molecule has 0 saturated carbocycles. The first-order valence-electron chi connectivity index (χ1n) is 4.45. The number of rotatable bonds is 5. The van der Waals surface area contributed by atoms with Crippen molar-refractivity contribution in [2.24, 2.45) is 0 Å². The summed E-state index contributed by atoms with van der Waals surface area (Å²) in [5.74, 6) is -0.401. The molecular formula is C10H12ClF2N. The summed E-state index contributed by atoms with van der Waals surface area (Å²) in [6.45, 7) is 0.569. The van der Waals surface area contributed by atoms with Gasteiger partial charge in [0.2, 0.25) is 0 Å². The number of alkyl halides is 1. The molecule has 1 rings (SSSR count). The predicted molar refractivity (Wildman–Crippen MR) is 53.7 cm³/mol. The second kappa shape index (κ2) is 5.94. The van der Waals surface area contributed by atoms with Gasteiger partial charge < -0.3 is 5.32 Å². The number of hydrogen-bond donors (Lipinski definition) is 1. The van der Waals surface area contributed by atoms with Crippen LogP contribution < -0.4 is 5.32 Å². The van der Waals surface area contributed by atoms with Crippen LogP contribution in [0.4, 0.5) is 8.78 Å². The molecule has 0 saturated heterocycles. The van der Waals surface area contributed by atoms with Crippen LogP contribution in [0.3, 0.4) is 0 Å². The molecule has 0 atom stereocenters. The zero-order valence-electron chi connectivity index (χ0n) is 7.69. The average Bonchev–Trinajstić information content (AvgIpc) is 2.19. The van der Waals surface area contributed by atoms with Crippen LogP contribution in [-0.2, 0) is 6.54 Å². The predicted octanol–water partition coefficient (Wildman–Crippen LogP) is 2.93. The summed E-state index contributed by atoms with van der Waals surface area (Å²) in [6.07, 6.45) is 0.447. The lowest BCUT2D eigenvalue weighted by Gasteiger charge is -2.05. The highest BCUT2D eigenvalue weighted by molar-refractivity contribution is 6.30. The zero-order chi connectivity index (χ0) is 10.4. The maximum Gasteiger partial charge on any atom is 0.146 e. The zero-order valence-corrected chi connectivity index (χ0v) is 8.45. The van der Waals surface area contributed by atoms with E-state index in [2.05, 4.69) is 5.32 Å². The lowest BCUT2D eigenvalue weighted by atomic mass is 10.2. The molecule has 0 aliphatic heterocycles. The lowest BCUT2D eigenvalue weighted by molar-refractivity contribution is 0.457. The molecule has 78 valence electrons. The van der Waals surface area contributed by atoms with Crippen molar-refractivity contribution in [1.29, 1.82) is 0 Å². The first kappa shape index (κ1) is 11.4. The maximum absolute atomic E-state index is 13.3. The van der Waals surface area contributed by atoms with E-state index in [0.29, 0.717) is 25.1 Å². The van der Waals surface area contributed by atoms with E-state index in [9.17, 15) is 8.78 Å². The summed E-state index contributed by atoms with van der Waals surface area (Å²) in [7, 11) is 0. The van der Waals surface area contributed by atoms with Gasteiger partial charge in [-0.3, -0.25) is 4.39 Å². The molecule has 1 N–H and O–H groups in total. The van der Waals surface area contributed by atoms with Gasteiger partial charge in [-0.15, -0.1) is 0 Å². The number of halogens is 3. The van der Waals surface area contributed by atoms with Crippen molar-refractivity contribution in [3.8, 4) is 0 Å². The van der Waals surface area contributed by atoms with Gasteiger partial charge in [0.15, 0.2) is 0 Å². The Kier molecular flexibility index (Phi) is 4.84. The molecule has 1 aromatic carbocycles. The van der Waals surface area contributed by atoms with Crippen LogP contribution in [0, 0.1) is 5.82 Å². The lowest BCUT2D eigenvalue weighted by Crippen LogP contribution is -2.16. The maximum atomic E-state index is 13.3. The van der Waals surface area contributed by atoms with Crippen molar-refractivity contribution in [3.63, 3.8) is 0 Å². The normalized spacial score (nSPS) is 10.5. The second-order valence-corrected chi connectivity index (χ2v) is 3.34. The summed E-state index contributed by atoms with van der Waals surface area (Å²) in [5.41, 5.74) is 0.511. The van der Waals surface area contributed by atoms with Crippen LogP contribution in [0.25, 0.3) is 0 Å². The number of hydrogen-bond acceptors (Lipinski definition) is 1. The van der Waals surface area contributed by atoms with Crippen molar-refractivity contribution >= 4 is 11.6 Å². The Balaban J connectivity index is 2.46. The molecule has 0 spiro atoms. The summed E-state index contributed by atoms with van der Waals surface area (Å²) >= 11 is 5.59. The van der Waals surface area contributed by atoms with Crippen LogP contribution >= 0.6 is 11.6 Å². The quantitative estimate of drug-likeness (QED) is 0.751. The smallest absolute Gasteiger partial charge is 0.146 e. The fraction of sp³-hybridized carbons (Fsp3) is 0.400. The van der Waals surface area contributed by atoms with E-state index in [4.69, 9.17) is 11.6 Å². The molecule has 0 bridgehead atoms. The summed E-state index contributed by atoms with van der Waals surface area (Å²) in [5, 5.41) is 3.05. The van der Waals surface area contributed by atoms with Crippen LogP contribution in [0.2, 0.25) is 5.02 Å². The fourth-order valence-corrected chi connectivity index (χ4v) is 1.29. The Labute approximate surface area is 87.1 Å². The van der Waals surface area contributed by atoms with E-state index in [-0.39, 0.29) is 11.7 Å². The number of nitrogens with one attached hydrogen (secondary N) is 1. The van der Waals surface area contributed by atoms with Crippen LogP contribution in [0.1, 0.15) is 12.0 Å².